The molecule has 0 N–H and O–H groups in total. The molecule has 1 saturated heterocycles. The molecule has 2 aromatic carbocycles. The Morgan fingerprint density at radius 1 is 1.04 bits per heavy atom. The second-order valence-corrected chi connectivity index (χ2v) is 9.01. The van der Waals surface area contributed by atoms with Crippen molar-refractivity contribution in [3.63, 3.8) is 0 Å². The predicted molar refractivity (Wildman–Crippen MR) is 97.4 cm³/mol. The van der Waals surface area contributed by atoms with Crippen LogP contribution in [0.4, 0.5) is 0 Å². The number of hydrogen-bond donors (Lipinski definition) is 0. The van der Waals surface area contributed by atoms with Crippen LogP contribution in [0.3, 0.4) is 0 Å². The van der Waals surface area contributed by atoms with Gasteiger partial charge in [-0.1, -0.05) is 30.3 Å². The quantitative estimate of drug-likeness (QED) is 0.761. The molecule has 2 heterocycles. The smallest absolute Gasteiger partial charge is 0.339 e. The van der Waals surface area contributed by atoms with Gasteiger partial charge < -0.3 is 4.74 Å². The summed E-state index contributed by atoms with van der Waals surface area (Å²) >= 11 is 0. The normalized spacial score (nSPS) is 19.4. The fraction of sp³-hybridized carbons (Fsp3) is 0.350. The van der Waals surface area contributed by atoms with Crippen LogP contribution in [0.5, 0.6) is 0 Å². The standard InChI is InChI=1S/C20H21NO4S/c1-14-7-8-15(2)18(13-14)26(23,24)21-11-9-20(10-12-21)17-6-4-3-5-16(17)19(22)25-20/h3-8,13H,9-12H2,1-2H3. The van der Waals surface area contributed by atoms with Crippen LogP contribution < -0.4 is 0 Å². The zero-order valence-corrected chi connectivity index (χ0v) is 15.7. The first-order chi connectivity index (χ1) is 12.3. The third-order valence-electron chi connectivity index (χ3n) is 5.42. The van der Waals surface area contributed by atoms with E-state index in [9.17, 15) is 13.2 Å². The number of aryl methyl sites for hydroxylation is 2. The van der Waals surface area contributed by atoms with Gasteiger partial charge in [-0.05, 0) is 37.1 Å². The van der Waals surface area contributed by atoms with Gasteiger partial charge in [-0.3, -0.25) is 0 Å². The molecule has 0 amide bonds. The van der Waals surface area contributed by atoms with Crippen LogP contribution >= 0.6 is 0 Å². The highest BCUT2D eigenvalue weighted by molar-refractivity contribution is 7.89. The van der Waals surface area contributed by atoms with Gasteiger partial charge in [-0.15, -0.1) is 0 Å². The van der Waals surface area contributed by atoms with Gasteiger partial charge in [0.1, 0.15) is 5.60 Å². The molecule has 0 bridgehead atoms. The predicted octanol–water partition coefficient (Wildman–Crippen LogP) is 3.15. The minimum absolute atomic E-state index is 0.313. The Balaban J connectivity index is 1.62. The van der Waals surface area contributed by atoms with Gasteiger partial charge in [0.25, 0.3) is 0 Å². The number of hydrogen-bond acceptors (Lipinski definition) is 4. The fourth-order valence-electron chi connectivity index (χ4n) is 3.93. The zero-order valence-electron chi connectivity index (χ0n) is 14.9. The summed E-state index contributed by atoms with van der Waals surface area (Å²) in [5.74, 6) is -0.313. The molecule has 2 aliphatic heterocycles. The second kappa shape index (κ2) is 5.93. The molecule has 1 fully saturated rings. The molecule has 1 spiro atoms. The first-order valence-electron chi connectivity index (χ1n) is 8.74. The van der Waals surface area contributed by atoms with E-state index in [4.69, 9.17) is 4.74 Å². The first-order valence-corrected chi connectivity index (χ1v) is 10.2. The molecule has 136 valence electrons. The van der Waals surface area contributed by atoms with Crippen molar-refractivity contribution in [2.45, 2.75) is 37.2 Å². The van der Waals surface area contributed by atoms with Gasteiger partial charge >= 0.3 is 5.97 Å². The van der Waals surface area contributed by atoms with Gasteiger partial charge in [0.2, 0.25) is 10.0 Å². The molecular formula is C20H21NO4S. The van der Waals surface area contributed by atoms with E-state index in [1.165, 1.54) is 4.31 Å². The summed E-state index contributed by atoms with van der Waals surface area (Å²) in [6.07, 6.45) is 0.944. The molecule has 0 saturated carbocycles. The number of ether oxygens (including phenoxy) is 1. The van der Waals surface area contributed by atoms with Crippen LogP contribution in [0.15, 0.2) is 47.4 Å². The summed E-state index contributed by atoms with van der Waals surface area (Å²) in [6, 6.07) is 12.9. The molecule has 6 heteroatoms. The summed E-state index contributed by atoms with van der Waals surface area (Å²) in [5, 5.41) is 0. The average Bonchev–Trinajstić information content (AvgIpc) is 2.90. The van der Waals surface area contributed by atoms with Crippen molar-refractivity contribution in [3.05, 3.63) is 64.7 Å². The third kappa shape index (κ3) is 2.56. The van der Waals surface area contributed by atoms with Crippen LogP contribution in [0.1, 0.15) is 39.9 Å². The lowest BCUT2D eigenvalue weighted by molar-refractivity contribution is -0.0329. The van der Waals surface area contributed by atoms with Crippen LogP contribution in [0.2, 0.25) is 0 Å². The van der Waals surface area contributed by atoms with Crippen molar-refractivity contribution >= 4 is 16.0 Å². The van der Waals surface area contributed by atoms with Crippen molar-refractivity contribution in [2.24, 2.45) is 0 Å². The number of sulfonamides is 1. The lowest BCUT2D eigenvalue weighted by Crippen LogP contribution is -2.45. The van der Waals surface area contributed by atoms with E-state index in [2.05, 4.69) is 0 Å². The maximum atomic E-state index is 13.1. The van der Waals surface area contributed by atoms with E-state index in [0.717, 1.165) is 16.7 Å². The van der Waals surface area contributed by atoms with E-state index in [-0.39, 0.29) is 5.97 Å². The molecule has 4 rings (SSSR count). The minimum atomic E-state index is -3.56. The first kappa shape index (κ1) is 17.2. The lowest BCUT2D eigenvalue weighted by atomic mass is 9.84. The number of carbonyl (C=O) groups excluding carboxylic acids is 1. The summed E-state index contributed by atoms with van der Waals surface area (Å²) in [7, 11) is -3.56. The molecule has 26 heavy (non-hydrogen) atoms. The maximum Gasteiger partial charge on any atom is 0.339 e. The highest BCUT2D eigenvalue weighted by Gasteiger charge is 2.48. The maximum absolute atomic E-state index is 13.1. The Morgan fingerprint density at radius 3 is 2.46 bits per heavy atom. The number of benzene rings is 2. The summed E-state index contributed by atoms with van der Waals surface area (Å²) < 4.78 is 33.4. The van der Waals surface area contributed by atoms with Crippen molar-refractivity contribution in [2.75, 3.05) is 13.1 Å². The van der Waals surface area contributed by atoms with Gasteiger partial charge in [0, 0.05) is 31.5 Å². The SMILES string of the molecule is Cc1ccc(C)c(S(=O)(=O)N2CCC3(CC2)OC(=O)c2ccccc23)c1. The number of carbonyl (C=O) groups is 1. The third-order valence-corrected chi connectivity index (χ3v) is 7.46. The fourth-order valence-corrected chi connectivity index (χ4v) is 5.68. The van der Waals surface area contributed by atoms with E-state index < -0.39 is 15.6 Å². The van der Waals surface area contributed by atoms with Gasteiger partial charge in [-0.2, -0.15) is 4.31 Å². The van der Waals surface area contributed by atoms with Crippen molar-refractivity contribution < 1.29 is 17.9 Å². The molecule has 2 aromatic rings. The van der Waals surface area contributed by atoms with E-state index >= 15 is 0 Å². The zero-order chi connectivity index (χ0) is 18.5. The van der Waals surface area contributed by atoms with Gasteiger partial charge in [0.15, 0.2) is 0 Å². The van der Waals surface area contributed by atoms with Crippen molar-refractivity contribution in [3.8, 4) is 0 Å². The summed E-state index contributed by atoms with van der Waals surface area (Å²) in [4.78, 5) is 12.5. The van der Waals surface area contributed by atoms with Crippen LogP contribution in [-0.4, -0.2) is 31.8 Å². The molecule has 5 nitrogen and oxygen atoms in total. The van der Waals surface area contributed by atoms with E-state index in [0.29, 0.717) is 36.4 Å². The van der Waals surface area contributed by atoms with Gasteiger partial charge in [0.05, 0.1) is 10.5 Å². The van der Waals surface area contributed by atoms with Gasteiger partial charge in [-0.25, -0.2) is 13.2 Å². The number of rotatable bonds is 2. The monoisotopic (exact) mass is 371 g/mol. The Morgan fingerprint density at radius 2 is 1.73 bits per heavy atom. The van der Waals surface area contributed by atoms with Crippen LogP contribution in [0, 0.1) is 13.8 Å². The Kier molecular flexibility index (Phi) is 3.93. The molecule has 0 unspecified atom stereocenters. The highest BCUT2D eigenvalue weighted by atomic mass is 32.2. The van der Waals surface area contributed by atoms with Crippen LogP contribution in [-0.2, 0) is 20.4 Å². The van der Waals surface area contributed by atoms with Crippen molar-refractivity contribution in [1.29, 1.82) is 0 Å². The number of piperidine rings is 1. The molecule has 0 radical (unpaired) electrons. The lowest BCUT2D eigenvalue weighted by Gasteiger charge is -2.38. The topological polar surface area (TPSA) is 63.7 Å². The summed E-state index contributed by atoms with van der Waals surface area (Å²) in [6.45, 7) is 4.36. The highest BCUT2D eigenvalue weighted by Crippen LogP contribution is 2.44. The minimum Gasteiger partial charge on any atom is -0.450 e. The molecular weight excluding hydrogens is 350 g/mol. The average molecular weight is 371 g/mol. The Hall–Kier alpha value is -2.18. The molecule has 0 atom stereocenters. The van der Waals surface area contributed by atoms with Crippen LogP contribution in [0.25, 0.3) is 0 Å². The Labute approximate surface area is 153 Å². The van der Waals surface area contributed by atoms with Crippen molar-refractivity contribution in [1.82, 2.24) is 4.31 Å². The number of nitrogens with zero attached hydrogens (tertiary/aromatic N) is 1. The van der Waals surface area contributed by atoms with E-state index in [1.54, 1.807) is 12.1 Å². The Bertz CT molecular complexity index is 989. The molecule has 0 aliphatic carbocycles. The molecule has 2 aliphatic rings. The number of esters is 1. The largest absolute Gasteiger partial charge is 0.450 e. The van der Waals surface area contributed by atoms with E-state index in [1.807, 2.05) is 44.2 Å². The second-order valence-electron chi connectivity index (χ2n) is 7.10. The molecule has 0 aromatic heterocycles. The number of fused-ring (bicyclic) bond motifs is 2. The summed E-state index contributed by atoms with van der Waals surface area (Å²) in [5.41, 5.74) is 2.45.